The molecule has 7 nitrogen and oxygen atoms in total. The van der Waals surface area contributed by atoms with Gasteiger partial charge >= 0.3 is 0 Å². The standard InChI is InChI=1S/C21H23N3O4/c1-14-7-5-6-8-18(14)27-15(2)21(25)24(3)13-19-22-20(23-28-19)16-9-11-17(26-4)12-10-16/h5-12,15H,13H2,1-4H3/t15-/m1/s1. The Bertz CT molecular complexity index is 937. The number of nitrogens with zero attached hydrogens (tertiary/aromatic N) is 3. The lowest BCUT2D eigenvalue weighted by molar-refractivity contribution is -0.137. The van der Waals surface area contributed by atoms with Crippen LogP contribution in [0, 0.1) is 6.92 Å². The lowest BCUT2D eigenvalue weighted by atomic mass is 10.2. The summed E-state index contributed by atoms with van der Waals surface area (Å²) in [7, 11) is 3.29. The number of carbonyl (C=O) groups excluding carboxylic acids is 1. The van der Waals surface area contributed by atoms with E-state index in [4.69, 9.17) is 14.0 Å². The summed E-state index contributed by atoms with van der Waals surface area (Å²) in [6.45, 7) is 3.86. The number of likely N-dealkylation sites (N-methyl/N-ethyl adjacent to an activating group) is 1. The number of hydrogen-bond acceptors (Lipinski definition) is 6. The zero-order chi connectivity index (χ0) is 20.1. The minimum Gasteiger partial charge on any atom is -0.497 e. The molecule has 0 aliphatic rings. The number of amides is 1. The first kappa shape index (κ1) is 19.4. The summed E-state index contributed by atoms with van der Waals surface area (Å²) in [5, 5.41) is 3.98. The predicted molar refractivity (Wildman–Crippen MR) is 104 cm³/mol. The van der Waals surface area contributed by atoms with Crippen LogP contribution in [-0.2, 0) is 11.3 Å². The average Bonchev–Trinajstić information content (AvgIpc) is 3.17. The molecule has 1 heterocycles. The third-order valence-electron chi connectivity index (χ3n) is 4.31. The van der Waals surface area contributed by atoms with Crippen molar-refractivity contribution in [2.45, 2.75) is 26.5 Å². The second-order valence-corrected chi connectivity index (χ2v) is 6.46. The van der Waals surface area contributed by atoms with E-state index in [1.54, 1.807) is 21.1 Å². The van der Waals surface area contributed by atoms with Gasteiger partial charge in [0, 0.05) is 12.6 Å². The van der Waals surface area contributed by atoms with Crippen LogP contribution in [0.25, 0.3) is 11.4 Å². The zero-order valence-electron chi connectivity index (χ0n) is 16.4. The van der Waals surface area contributed by atoms with Crippen molar-refractivity contribution in [1.29, 1.82) is 0 Å². The van der Waals surface area contributed by atoms with Crippen molar-refractivity contribution in [2.75, 3.05) is 14.2 Å². The highest BCUT2D eigenvalue weighted by molar-refractivity contribution is 5.80. The number of carbonyl (C=O) groups is 1. The predicted octanol–water partition coefficient (Wildman–Crippen LogP) is 3.48. The molecular weight excluding hydrogens is 358 g/mol. The zero-order valence-corrected chi connectivity index (χ0v) is 16.4. The Morgan fingerprint density at radius 3 is 2.57 bits per heavy atom. The number of aromatic nitrogens is 2. The number of rotatable bonds is 7. The first-order valence-electron chi connectivity index (χ1n) is 8.92. The Labute approximate surface area is 163 Å². The van der Waals surface area contributed by atoms with Crippen LogP contribution in [0.3, 0.4) is 0 Å². The topological polar surface area (TPSA) is 77.7 Å². The average molecular weight is 381 g/mol. The number of para-hydroxylation sites is 1. The van der Waals surface area contributed by atoms with Crippen LogP contribution in [0.1, 0.15) is 18.4 Å². The summed E-state index contributed by atoms with van der Waals surface area (Å²) in [6.07, 6.45) is -0.630. The van der Waals surface area contributed by atoms with E-state index in [9.17, 15) is 4.79 Å². The summed E-state index contributed by atoms with van der Waals surface area (Å²) >= 11 is 0. The van der Waals surface area contributed by atoms with Crippen LogP contribution in [0.2, 0.25) is 0 Å². The molecule has 0 N–H and O–H groups in total. The second kappa shape index (κ2) is 8.56. The van der Waals surface area contributed by atoms with Gasteiger partial charge in [0.2, 0.25) is 11.7 Å². The summed E-state index contributed by atoms with van der Waals surface area (Å²) in [6, 6.07) is 14.9. The Morgan fingerprint density at radius 2 is 1.89 bits per heavy atom. The molecule has 0 bridgehead atoms. The van der Waals surface area contributed by atoms with Crippen molar-refractivity contribution in [3.8, 4) is 22.9 Å². The highest BCUT2D eigenvalue weighted by Gasteiger charge is 2.22. The molecule has 0 saturated heterocycles. The van der Waals surface area contributed by atoms with E-state index in [1.165, 1.54) is 4.90 Å². The van der Waals surface area contributed by atoms with Gasteiger partial charge in [-0.3, -0.25) is 4.79 Å². The number of hydrogen-bond donors (Lipinski definition) is 0. The molecule has 28 heavy (non-hydrogen) atoms. The largest absolute Gasteiger partial charge is 0.497 e. The molecule has 1 amide bonds. The van der Waals surface area contributed by atoms with E-state index in [0.29, 0.717) is 17.5 Å². The highest BCUT2D eigenvalue weighted by atomic mass is 16.5. The molecule has 0 fully saturated rings. The maximum atomic E-state index is 12.6. The van der Waals surface area contributed by atoms with Gasteiger partial charge in [-0.15, -0.1) is 0 Å². The van der Waals surface area contributed by atoms with Gasteiger partial charge < -0.3 is 18.9 Å². The quantitative estimate of drug-likeness (QED) is 0.624. The maximum Gasteiger partial charge on any atom is 0.263 e. The van der Waals surface area contributed by atoms with Gasteiger partial charge in [-0.05, 0) is 49.7 Å². The van der Waals surface area contributed by atoms with Gasteiger partial charge in [0.15, 0.2) is 6.10 Å². The van der Waals surface area contributed by atoms with Crippen molar-refractivity contribution in [1.82, 2.24) is 15.0 Å². The molecule has 3 rings (SSSR count). The van der Waals surface area contributed by atoms with Gasteiger partial charge in [-0.25, -0.2) is 0 Å². The van der Waals surface area contributed by atoms with Gasteiger partial charge in [-0.2, -0.15) is 4.98 Å². The molecule has 2 aromatic carbocycles. The molecule has 0 radical (unpaired) electrons. The highest BCUT2D eigenvalue weighted by Crippen LogP contribution is 2.21. The molecule has 7 heteroatoms. The van der Waals surface area contributed by atoms with E-state index in [2.05, 4.69) is 10.1 Å². The van der Waals surface area contributed by atoms with Crippen molar-refractivity contribution >= 4 is 5.91 Å². The monoisotopic (exact) mass is 381 g/mol. The molecule has 0 aliphatic carbocycles. The summed E-state index contributed by atoms with van der Waals surface area (Å²) in [4.78, 5) is 18.5. The fourth-order valence-electron chi connectivity index (χ4n) is 2.70. The lowest BCUT2D eigenvalue weighted by Crippen LogP contribution is -2.37. The van der Waals surface area contributed by atoms with Gasteiger partial charge in [0.1, 0.15) is 11.5 Å². The Kier molecular flexibility index (Phi) is 5.93. The maximum absolute atomic E-state index is 12.6. The number of benzene rings is 2. The van der Waals surface area contributed by atoms with Crippen LogP contribution in [0.15, 0.2) is 53.1 Å². The number of ether oxygens (including phenoxy) is 2. The van der Waals surface area contributed by atoms with Crippen LogP contribution in [-0.4, -0.2) is 41.2 Å². The Balaban J connectivity index is 1.62. The van der Waals surface area contributed by atoms with Crippen LogP contribution >= 0.6 is 0 Å². The molecule has 0 saturated carbocycles. The van der Waals surface area contributed by atoms with Gasteiger partial charge in [0.05, 0.1) is 13.7 Å². The second-order valence-electron chi connectivity index (χ2n) is 6.46. The normalized spacial score (nSPS) is 11.7. The minimum atomic E-state index is -0.630. The molecule has 146 valence electrons. The molecule has 3 aromatic rings. The first-order valence-corrected chi connectivity index (χ1v) is 8.92. The first-order chi connectivity index (χ1) is 13.5. The molecular formula is C21H23N3O4. The number of aryl methyl sites for hydroxylation is 1. The summed E-state index contributed by atoms with van der Waals surface area (Å²) in [5.74, 6) is 2.08. The minimum absolute atomic E-state index is 0.174. The molecule has 1 atom stereocenters. The third kappa shape index (κ3) is 4.49. The van der Waals surface area contributed by atoms with E-state index >= 15 is 0 Å². The molecule has 0 spiro atoms. The molecule has 0 unspecified atom stereocenters. The fraction of sp³-hybridized carbons (Fsp3) is 0.286. The van der Waals surface area contributed by atoms with Gasteiger partial charge in [0.25, 0.3) is 5.91 Å². The van der Waals surface area contributed by atoms with Crippen molar-refractivity contribution < 1.29 is 18.8 Å². The molecule has 1 aromatic heterocycles. The molecule has 0 aliphatic heterocycles. The lowest BCUT2D eigenvalue weighted by Gasteiger charge is -2.21. The summed E-state index contributed by atoms with van der Waals surface area (Å²) < 4.78 is 16.2. The van der Waals surface area contributed by atoms with E-state index in [0.717, 1.165) is 16.9 Å². The number of methoxy groups -OCH3 is 1. The van der Waals surface area contributed by atoms with E-state index in [-0.39, 0.29) is 12.5 Å². The third-order valence-corrected chi connectivity index (χ3v) is 4.31. The van der Waals surface area contributed by atoms with Crippen molar-refractivity contribution in [3.63, 3.8) is 0 Å². The SMILES string of the molecule is COc1ccc(-c2noc(CN(C)C(=O)[C@@H](C)Oc3ccccc3C)n2)cc1. The van der Waals surface area contributed by atoms with Crippen LogP contribution in [0.4, 0.5) is 0 Å². The van der Waals surface area contributed by atoms with Crippen molar-refractivity contribution in [3.05, 3.63) is 60.0 Å². The van der Waals surface area contributed by atoms with E-state index < -0.39 is 6.10 Å². The Hall–Kier alpha value is -3.35. The van der Waals surface area contributed by atoms with Crippen LogP contribution < -0.4 is 9.47 Å². The Morgan fingerprint density at radius 1 is 1.18 bits per heavy atom. The van der Waals surface area contributed by atoms with E-state index in [1.807, 2.05) is 55.5 Å². The van der Waals surface area contributed by atoms with Gasteiger partial charge in [-0.1, -0.05) is 23.4 Å². The summed E-state index contributed by atoms with van der Waals surface area (Å²) in [5.41, 5.74) is 1.78. The smallest absolute Gasteiger partial charge is 0.263 e. The van der Waals surface area contributed by atoms with Crippen molar-refractivity contribution in [2.24, 2.45) is 0 Å². The fourth-order valence-corrected chi connectivity index (χ4v) is 2.70. The van der Waals surface area contributed by atoms with Crippen LogP contribution in [0.5, 0.6) is 11.5 Å².